The fourth-order valence-corrected chi connectivity index (χ4v) is 2.89. The van der Waals surface area contributed by atoms with Gasteiger partial charge in [-0.15, -0.1) is 0 Å². The molecule has 1 aromatic carbocycles. The molecule has 1 N–H and O–H groups in total. The number of hydrogen-bond donors (Lipinski definition) is 1. The number of nitrogens with one attached hydrogen (secondary N) is 1. The topological polar surface area (TPSA) is 29.9 Å². The highest BCUT2D eigenvalue weighted by molar-refractivity contribution is 9.10. The Morgan fingerprint density at radius 2 is 2.05 bits per heavy atom. The van der Waals surface area contributed by atoms with E-state index in [1.165, 1.54) is 11.1 Å². The number of halogens is 1. The lowest BCUT2D eigenvalue weighted by Crippen LogP contribution is -2.24. The zero-order valence-corrected chi connectivity index (χ0v) is 14.8. The third kappa shape index (κ3) is 4.17. The maximum absolute atomic E-state index is 4.67. The van der Waals surface area contributed by atoms with Crippen molar-refractivity contribution in [2.24, 2.45) is 0 Å². The first-order chi connectivity index (χ1) is 10.0. The van der Waals surface area contributed by atoms with Crippen LogP contribution in [0.4, 0.5) is 0 Å². The summed E-state index contributed by atoms with van der Waals surface area (Å²) in [5, 5.41) is 8.26. The lowest BCUT2D eigenvalue weighted by atomic mass is 9.97. The molecule has 0 saturated heterocycles. The predicted molar refractivity (Wildman–Crippen MR) is 91.6 cm³/mol. The molecule has 2 aromatic rings. The number of aromatic nitrogens is 2. The molecule has 2 rings (SSSR count). The molecule has 21 heavy (non-hydrogen) atoms. The summed E-state index contributed by atoms with van der Waals surface area (Å²) in [6.07, 6.45) is 2.97. The summed E-state index contributed by atoms with van der Waals surface area (Å²) in [6, 6.07) is 9.29. The van der Waals surface area contributed by atoms with Crippen molar-refractivity contribution in [1.82, 2.24) is 15.1 Å². The van der Waals surface area contributed by atoms with Gasteiger partial charge in [-0.3, -0.25) is 4.68 Å². The van der Waals surface area contributed by atoms with Gasteiger partial charge in [-0.05, 0) is 56.6 Å². The van der Waals surface area contributed by atoms with E-state index in [1.54, 1.807) is 0 Å². The van der Waals surface area contributed by atoms with Crippen molar-refractivity contribution >= 4 is 15.9 Å². The van der Waals surface area contributed by atoms with E-state index in [-0.39, 0.29) is 0 Å². The lowest BCUT2D eigenvalue weighted by molar-refractivity contribution is 0.505. The molecule has 0 aliphatic heterocycles. The van der Waals surface area contributed by atoms with Crippen LogP contribution >= 0.6 is 15.9 Å². The van der Waals surface area contributed by atoms with Gasteiger partial charge >= 0.3 is 0 Å². The van der Waals surface area contributed by atoms with Gasteiger partial charge in [-0.1, -0.05) is 28.9 Å². The average Bonchev–Trinajstić information content (AvgIpc) is 2.90. The van der Waals surface area contributed by atoms with Crippen LogP contribution in [0.1, 0.15) is 49.7 Å². The Labute approximate surface area is 135 Å². The van der Waals surface area contributed by atoms with Gasteiger partial charge < -0.3 is 5.32 Å². The van der Waals surface area contributed by atoms with Gasteiger partial charge in [-0.25, -0.2) is 0 Å². The Balaban J connectivity index is 2.23. The number of rotatable bonds is 6. The van der Waals surface area contributed by atoms with Gasteiger partial charge in [0.05, 0.1) is 5.69 Å². The minimum absolute atomic E-state index is 0.294. The van der Waals surface area contributed by atoms with Crippen LogP contribution in [0.25, 0.3) is 0 Å². The van der Waals surface area contributed by atoms with E-state index < -0.39 is 0 Å². The summed E-state index contributed by atoms with van der Waals surface area (Å²) in [4.78, 5) is 0. The van der Waals surface area contributed by atoms with Crippen LogP contribution in [0.3, 0.4) is 0 Å². The molecule has 0 bridgehead atoms. The molecule has 4 heteroatoms. The van der Waals surface area contributed by atoms with E-state index in [0.717, 1.165) is 23.1 Å². The second-order valence-electron chi connectivity index (χ2n) is 5.70. The summed E-state index contributed by atoms with van der Waals surface area (Å²) >= 11 is 3.58. The normalized spacial score (nSPS) is 12.9. The van der Waals surface area contributed by atoms with Crippen LogP contribution in [0, 0.1) is 6.92 Å². The van der Waals surface area contributed by atoms with Gasteiger partial charge in [-0.2, -0.15) is 5.10 Å². The van der Waals surface area contributed by atoms with E-state index in [0.29, 0.717) is 12.1 Å². The van der Waals surface area contributed by atoms with Crippen LogP contribution in [0.5, 0.6) is 0 Å². The zero-order valence-electron chi connectivity index (χ0n) is 13.2. The molecule has 1 atom stereocenters. The summed E-state index contributed by atoms with van der Waals surface area (Å²) in [6.45, 7) is 9.56. The van der Waals surface area contributed by atoms with E-state index >= 15 is 0 Å². The van der Waals surface area contributed by atoms with Gasteiger partial charge in [0.15, 0.2) is 0 Å². The van der Waals surface area contributed by atoms with Crippen molar-refractivity contribution in [3.8, 4) is 0 Å². The number of benzene rings is 1. The van der Waals surface area contributed by atoms with Gasteiger partial charge in [0, 0.05) is 29.2 Å². The van der Waals surface area contributed by atoms with Crippen LogP contribution in [-0.2, 0) is 6.42 Å². The first-order valence-electron chi connectivity index (χ1n) is 7.54. The molecule has 3 nitrogen and oxygen atoms in total. The van der Waals surface area contributed by atoms with Crippen molar-refractivity contribution in [2.45, 2.75) is 46.2 Å². The molecule has 0 saturated carbocycles. The van der Waals surface area contributed by atoms with Crippen molar-refractivity contribution < 1.29 is 0 Å². The second kappa shape index (κ2) is 7.23. The third-order valence-electron chi connectivity index (χ3n) is 3.67. The zero-order chi connectivity index (χ0) is 15.4. The Morgan fingerprint density at radius 3 is 2.67 bits per heavy atom. The quantitative estimate of drug-likeness (QED) is 0.835. The summed E-state index contributed by atoms with van der Waals surface area (Å²) in [5.41, 5.74) is 3.78. The highest BCUT2D eigenvalue weighted by atomic mass is 79.9. The number of likely N-dealkylation sites (N-methyl/N-ethyl adjacent to an activating group) is 1. The molecular formula is C17H24BrN3. The fourth-order valence-electron chi connectivity index (χ4n) is 2.51. The van der Waals surface area contributed by atoms with Crippen molar-refractivity contribution in [1.29, 1.82) is 0 Å². The van der Waals surface area contributed by atoms with Crippen molar-refractivity contribution in [3.05, 3.63) is 51.8 Å². The second-order valence-corrected chi connectivity index (χ2v) is 6.61. The Kier molecular flexibility index (Phi) is 5.59. The SMILES string of the molecule is CCNC(Cc1ccn(C(C)C)n1)c1cc(Br)ccc1C. The summed E-state index contributed by atoms with van der Waals surface area (Å²) in [7, 11) is 0. The summed E-state index contributed by atoms with van der Waals surface area (Å²) < 4.78 is 3.14. The smallest absolute Gasteiger partial charge is 0.0643 e. The summed E-state index contributed by atoms with van der Waals surface area (Å²) in [5.74, 6) is 0. The predicted octanol–water partition coefficient (Wildman–Crippen LogP) is 4.43. The van der Waals surface area contributed by atoms with Crippen molar-refractivity contribution in [3.63, 3.8) is 0 Å². The molecule has 0 spiro atoms. The molecule has 0 amide bonds. The molecule has 0 aliphatic rings. The van der Waals surface area contributed by atoms with Gasteiger partial charge in [0.1, 0.15) is 0 Å². The Bertz CT molecular complexity index is 589. The van der Waals surface area contributed by atoms with Crippen LogP contribution in [0.15, 0.2) is 34.9 Å². The first kappa shape index (κ1) is 16.2. The van der Waals surface area contributed by atoms with E-state index in [9.17, 15) is 0 Å². The van der Waals surface area contributed by atoms with Gasteiger partial charge in [0.25, 0.3) is 0 Å². The first-order valence-corrected chi connectivity index (χ1v) is 8.34. The number of hydrogen-bond acceptors (Lipinski definition) is 2. The van der Waals surface area contributed by atoms with E-state index in [4.69, 9.17) is 0 Å². The molecule has 0 fully saturated rings. The van der Waals surface area contributed by atoms with Crippen LogP contribution < -0.4 is 5.32 Å². The monoisotopic (exact) mass is 349 g/mol. The number of aryl methyl sites for hydroxylation is 1. The molecule has 0 radical (unpaired) electrons. The molecule has 0 aliphatic carbocycles. The third-order valence-corrected chi connectivity index (χ3v) is 4.17. The lowest BCUT2D eigenvalue weighted by Gasteiger charge is -2.20. The standard InChI is InChI=1S/C17H24BrN3/c1-5-19-17(16-10-14(18)7-6-13(16)4)11-15-8-9-21(20-15)12(2)3/h6-10,12,17,19H,5,11H2,1-4H3. The number of nitrogens with zero attached hydrogens (tertiary/aromatic N) is 2. The highest BCUT2D eigenvalue weighted by Crippen LogP contribution is 2.25. The van der Waals surface area contributed by atoms with Crippen molar-refractivity contribution in [2.75, 3.05) is 6.54 Å². The average molecular weight is 350 g/mol. The maximum Gasteiger partial charge on any atom is 0.0643 e. The van der Waals surface area contributed by atoms with E-state index in [1.807, 2.05) is 4.68 Å². The van der Waals surface area contributed by atoms with Gasteiger partial charge in [0.2, 0.25) is 0 Å². The molecule has 1 unspecified atom stereocenters. The molecule has 114 valence electrons. The molecule has 1 aromatic heterocycles. The largest absolute Gasteiger partial charge is 0.310 e. The van der Waals surface area contributed by atoms with Crippen LogP contribution in [-0.4, -0.2) is 16.3 Å². The minimum atomic E-state index is 0.294. The highest BCUT2D eigenvalue weighted by Gasteiger charge is 2.15. The van der Waals surface area contributed by atoms with Crippen LogP contribution in [0.2, 0.25) is 0 Å². The fraction of sp³-hybridized carbons (Fsp3) is 0.471. The molecule has 1 heterocycles. The minimum Gasteiger partial charge on any atom is -0.310 e. The molecular weight excluding hydrogens is 326 g/mol. The Hall–Kier alpha value is -1.13. The Morgan fingerprint density at radius 1 is 1.29 bits per heavy atom. The maximum atomic E-state index is 4.67. The van der Waals surface area contributed by atoms with E-state index in [2.05, 4.69) is 84.5 Å².